The van der Waals surface area contributed by atoms with Crippen molar-refractivity contribution in [2.45, 2.75) is 20.8 Å². The minimum absolute atomic E-state index is 0.225. The van der Waals surface area contributed by atoms with Gasteiger partial charge in [0.2, 0.25) is 0 Å². The summed E-state index contributed by atoms with van der Waals surface area (Å²) < 4.78 is 0. The van der Waals surface area contributed by atoms with Crippen LogP contribution in [0.3, 0.4) is 0 Å². The zero-order valence-electron chi connectivity index (χ0n) is 9.81. The van der Waals surface area contributed by atoms with Crippen molar-refractivity contribution in [3.63, 3.8) is 0 Å². The fourth-order valence-corrected chi connectivity index (χ4v) is 2.03. The van der Waals surface area contributed by atoms with Gasteiger partial charge in [0.15, 0.2) is 0 Å². The van der Waals surface area contributed by atoms with Gasteiger partial charge in [0, 0.05) is 11.3 Å². The Kier molecular flexibility index (Phi) is 3.14. The largest absolute Gasteiger partial charge is 0.311 e. The topological polar surface area (TPSA) is 67.8 Å². The minimum atomic E-state index is -0.225. The summed E-state index contributed by atoms with van der Waals surface area (Å²) in [4.78, 5) is 24.1. The molecule has 0 saturated heterocycles. The second kappa shape index (κ2) is 4.58. The molecule has 1 N–H and O–H groups in total. The summed E-state index contributed by atoms with van der Waals surface area (Å²) in [6, 6.07) is 0. The third kappa shape index (κ3) is 2.47. The van der Waals surface area contributed by atoms with Gasteiger partial charge >= 0.3 is 0 Å². The molecule has 0 fully saturated rings. The van der Waals surface area contributed by atoms with E-state index in [9.17, 15) is 4.79 Å². The summed E-state index contributed by atoms with van der Waals surface area (Å²) in [7, 11) is 0. The van der Waals surface area contributed by atoms with E-state index < -0.39 is 0 Å². The molecule has 2 aromatic rings. The number of thiazole rings is 1. The maximum absolute atomic E-state index is 12.0. The molecular formula is C11H12N4OS. The summed E-state index contributed by atoms with van der Waals surface area (Å²) in [5, 5.41) is 4.41. The third-order valence-electron chi connectivity index (χ3n) is 2.41. The molecule has 0 spiro atoms. The van der Waals surface area contributed by atoms with E-state index in [0.717, 1.165) is 21.3 Å². The number of carbonyl (C=O) groups is 1. The Morgan fingerprint density at radius 3 is 2.65 bits per heavy atom. The summed E-state index contributed by atoms with van der Waals surface area (Å²) in [6.07, 6.45) is 3.04. The van der Waals surface area contributed by atoms with Crippen molar-refractivity contribution in [1.29, 1.82) is 0 Å². The maximum atomic E-state index is 12.0. The van der Waals surface area contributed by atoms with Crippen LogP contribution >= 0.6 is 11.3 Å². The van der Waals surface area contributed by atoms with Crippen LogP contribution in [0.4, 0.5) is 5.00 Å². The van der Waals surface area contributed by atoms with Crippen molar-refractivity contribution in [3.8, 4) is 0 Å². The number of aromatic nitrogens is 3. The van der Waals surface area contributed by atoms with E-state index >= 15 is 0 Å². The van der Waals surface area contributed by atoms with Crippen LogP contribution in [0.1, 0.15) is 26.8 Å². The van der Waals surface area contributed by atoms with Crippen LogP contribution < -0.4 is 5.32 Å². The van der Waals surface area contributed by atoms with Crippen LogP contribution in [0.2, 0.25) is 0 Å². The molecule has 0 radical (unpaired) electrons. The first-order chi connectivity index (χ1) is 8.08. The zero-order chi connectivity index (χ0) is 12.4. The van der Waals surface area contributed by atoms with E-state index in [1.54, 1.807) is 6.20 Å². The van der Waals surface area contributed by atoms with Gasteiger partial charge < -0.3 is 5.32 Å². The summed E-state index contributed by atoms with van der Waals surface area (Å²) in [5.41, 5.74) is 2.01. The summed E-state index contributed by atoms with van der Waals surface area (Å²) >= 11 is 1.43. The molecule has 0 aliphatic carbocycles. The number of carbonyl (C=O) groups excluding carboxylic acids is 1. The lowest BCUT2D eigenvalue weighted by atomic mass is 10.2. The number of nitrogens with one attached hydrogen (secondary N) is 1. The van der Waals surface area contributed by atoms with E-state index in [4.69, 9.17) is 0 Å². The van der Waals surface area contributed by atoms with Gasteiger partial charge in [-0.1, -0.05) is 0 Å². The molecule has 1 amide bonds. The fraction of sp³-hybridized carbons (Fsp3) is 0.273. The molecule has 0 aromatic carbocycles. The van der Waals surface area contributed by atoms with Gasteiger partial charge in [0.1, 0.15) is 17.0 Å². The van der Waals surface area contributed by atoms with Crippen molar-refractivity contribution in [2.75, 3.05) is 5.32 Å². The molecule has 2 rings (SSSR count). The average molecular weight is 248 g/mol. The van der Waals surface area contributed by atoms with E-state index in [2.05, 4.69) is 20.3 Å². The standard InChI is InChI=1S/C11H12N4OS/c1-6-7(2)13-5-14-10(6)11(16)15-9-4-12-8(3)17-9/h4-5H,1-3H3,(H,15,16). The second-order valence-electron chi connectivity index (χ2n) is 3.63. The molecule has 0 atom stereocenters. The first-order valence-electron chi connectivity index (χ1n) is 5.10. The highest BCUT2D eigenvalue weighted by Crippen LogP contribution is 2.18. The third-order valence-corrected chi connectivity index (χ3v) is 3.24. The highest BCUT2D eigenvalue weighted by molar-refractivity contribution is 7.15. The van der Waals surface area contributed by atoms with Crippen molar-refractivity contribution < 1.29 is 4.79 Å². The van der Waals surface area contributed by atoms with Crippen LogP contribution in [0.15, 0.2) is 12.5 Å². The molecule has 5 nitrogen and oxygen atoms in total. The quantitative estimate of drug-likeness (QED) is 0.883. The Hall–Kier alpha value is -1.82. The molecular weight excluding hydrogens is 236 g/mol. The predicted octanol–water partition coefficient (Wildman–Crippen LogP) is 2.11. The lowest BCUT2D eigenvalue weighted by Crippen LogP contribution is -2.15. The number of amides is 1. The summed E-state index contributed by atoms with van der Waals surface area (Å²) in [5.74, 6) is -0.225. The van der Waals surface area contributed by atoms with Crippen LogP contribution in [-0.2, 0) is 0 Å². The van der Waals surface area contributed by atoms with Gasteiger partial charge in [0.05, 0.1) is 11.2 Å². The molecule has 0 bridgehead atoms. The lowest BCUT2D eigenvalue weighted by molar-refractivity contribution is 0.102. The Bertz CT molecular complexity index is 564. The molecule has 88 valence electrons. The van der Waals surface area contributed by atoms with Crippen LogP contribution in [0.5, 0.6) is 0 Å². The van der Waals surface area contributed by atoms with E-state index in [-0.39, 0.29) is 5.91 Å². The number of hydrogen-bond acceptors (Lipinski definition) is 5. The van der Waals surface area contributed by atoms with Gasteiger partial charge in [-0.05, 0) is 20.8 Å². The van der Waals surface area contributed by atoms with E-state index in [1.807, 2.05) is 20.8 Å². The smallest absolute Gasteiger partial charge is 0.275 e. The second-order valence-corrected chi connectivity index (χ2v) is 4.87. The van der Waals surface area contributed by atoms with Crippen LogP contribution in [-0.4, -0.2) is 20.9 Å². The fourth-order valence-electron chi connectivity index (χ4n) is 1.36. The molecule has 0 saturated carbocycles. The Morgan fingerprint density at radius 2 is 2.00 bits per heavy atom. The highest BCUT2D eigenvalue weighted by Gasteiger charge is 2.13. The van der Waals surface area contributed by atoms with Crippen molar-refractivity contribution in [2.24, 2.45) is 0 Å². The first kappa shape index (κ1) is 11.7. The Balaban J connectivity index is 2.23. The zero-order valence-corrected chi connectivity index (χ0v) is 10.6. The molecule has 17 heavy (non-hydrogen) atoms. The molecule has 2 heterocycles. The van der Waals surface area contributed by atoms with Crippen LogP contribution in [0, 0.1) is 20.8 Å². The molecule has 2 aromatic heterocycles. The lowest BCUT2D eigenvalue weighted by Gasteiger charge is -2.05. The first-order valence-corrected chi connectivity index (χ1v) is 5.91. The molecule has 0 aliphatic rings. The van der Waals surface area contributed by atoms with Gasteiger partial charge in [-0.25, -0.2) is 15.0 Å². The number of rotatable bonds is 2. The minimum Gasteiger partial charge on any atom is -0.311 e. The van der Waals surface area contributed by atoms with Gasteiger partial charge in [0.25, 0.3) is 5.91 Å². The van der Waals surface area contributed by atoms with Gasteiger partial charge in [-0.3, -0.25) is 4.79 Å². The van der Waals surface area contributed by atoms with Crippen LogP contribution in [0.25, 0.3) is 0 Å². The molecule has 0 aliphatic heterocycles. The predicted molar refractivity (Wildman–Crippen MR) is 66.3 cm³/mol. The van der Waals surface area contributed by atoms with Crippen molar-refractivity contribution in [3.05, 3.63) is 34.5 Å². The number of hydrogen-bond donors (Lipinski definition) is 1. The normalized spacial score (nSPS) is 10.3. The number of nitrogens with zero attached hydrogens (tertiary/aromatic N) is 3. The van der Waals surface area contributed by atoms with E-state index in [1.165, 1.54) is 17.7 Å². The SMILES string of the molecule is Cc1ncc(NC(=O)c2ncnc(C)c2C)s1. The molecule has 0 unspecified atom stereocenters. The highest BCUT2D eigenvalue weighted by atomic mass is 32.1. The number of aryl methyl sites for hydroxylation is 2. The van der Waals surface area contributed by atoms with Crippen molar-refractivity contribution >= 4 is 22.2 Å². The number of anilines is 1. The average Bonchev–Trinajstić information content (AvgIpc) is 2.68. The van der Waals surface area contributed by atoms with Gasteiger partial charge in [-0.2, -0.15) is 0 Å². The Morgan fingerprint density at radius 1 is 1.24 bits per heavy atom. The monoisotopic (exact) mass is 248 g/mol. The van der Waals surface area contributed by atoms with Gasteiger partial charge in [-0.15, -0.1) is 11.3 Å². The molecule has 6 heteroatoms. The Labute approximate surface area is 103 Å². The maximum Gasteiger partial charge on any atom is 0.275 e. The van der Waals surface area contributed by atoms with E-state index in [0.29, 0.717) is 5.69 Å². The summed E-state index contributed by atoms with van der Waals surface area (Å²) in [6.45, 7) is 5.58. The van der Waals surface area contributed by atoms with Crippen molar-refractivity contribution in [1.82, 2.24) is 15.0 Å².